The molecular weight excluding hydrogens is 140 g/mol. The first-order chi connectivity index (χ1) is 5.15. The topological polar surface area (TPSA) is 45.8 Å². The highest BCUT2D eigenvalue weighted by Gasteiger charge is 1.99. The number of H-pyrrole nitrogens is 1. The van der Waals surface area contributed by atoms with E-state index in [4.69, 9.17) is 6.42 Å². The highest BCUT2D eigenvalue weighted by molar-refractivity contribution is 5.24. The van der Waals surface area contributed by atoms with Crippen LogP contribution in [0, 0.1) is 26.2 Å². The van der Waals surface area contributed by atoms with Crippen molar-refractivity contribution in [2.24, 2.45) is 0 Å². The van der Waals surface area contributed by atoms with Crippen molar-refractivity contribution >= 4 is 0 Å². The second-order valence-corrected chi connectivity index (χ2v) is 2.27. The summed E-state index contributed by atoms with van der Waals surface area (Å²) in [5.74, 6) is 2.21. The molecule has 3 heteroatoms. The number of aromatic nitrogens is 2. The molecule has 1 N–H and O–H groups in total. The van der Waals surface area contributed by atoms with E-state index in [-0.39, 0.29) is 11.3 Å². The summed E-state index contributed by atoms with van der Waals surface area (Å²) in [7, 11) is 0. The van der Waals surface area contributed by atoms with Gasteiger partial charge in [0.2, 0.25) is 0 Å². The van der Waals surface area contributed by atoms with Gasteiger partial charge in [-0.05, 0) is 19.8 Å². The Bertz CT molecular complexity index is 371. The summed E-state index contributed by atoms with van der Waals surface area (Å²) in [5, 5.41) is 0. The molecule has 0 unspecified atom stereocenters. The van der Waals surface area contributed by atoms with Gasteiger partial charge in [0.25, 0.3) is 5.56 Å². The van der Waals surface area contributed by atoms with Gasteiger partial charge in [-0.3, -0.25) is 4.79 Å². The van der Waals surface area contributed by atoms with Gasteiger partial charge < -0.3 is 4.98 Å². The minimum atomic E-state index is -0.296. The van der Waals surface area contributed by atoms with Crippen LogP contribution in [0.15, 0.2) is 4.79 Å². The fourth-order valence-corrected chi connectivity index (χ4v) is 0.720. The lowest BCUT2D eigenvalue weighted by Crippen LogP contribution is -2.15. The van der Waals surface area contributed by atoms with Gasteiger partial charge in [0.15, 0.2) is 5.69 Å². The summed E-state index contributed by atoms with van der Waals surface area (Å²) in [6, 6.07) is 0. The molecule has 11 heavy (non-hydrogen) atoms. The molecule has 0 aromatic carbocycles. The quantitative estimate of drug-likeness (QED) is 0.540. The summed E-state index contributed by atoms with van der Waals surface area (Å²) in [6.07, 6.45) is 5.04. The van der Waals surface area contributed by atoms with Crippen molar-refractivity contribution in [3.63, 3.8) is 0 Å². The molecule has 0 spiro atoms. The van der Waals surface area contributed by atoms with E-state index < -0.39 is 0 Å². The van der Waals surface area contributed by atoms with Crippen LogP contribution in [0.3, 0.4) is 0 Å². The fourth-order valence-electron chi connectivity index (χ4n) is 0.720. The molecule has 56 valence electrons. The monoisotopic (exact) mass is 148 g/mol. The van der Waals surface area contributed by atoms with Gasteiger partial charge in [-0.2, -0.15) is 0 Å². The summed E-state index contributed by atoms with van der Waals surface area (Å²) < 4.78 is 0. The average Bonchev–Trinajstić information content (AvgIpc) is 1.97. The Hall–Kier alpha value is -1.56. The van der Waals surface area contributed by atoms with Crippen molar-refractivity contribution in [2.75, 3.05) is 0 Å². The van der Waals surface area contributed by atoms with Crippen molar-refractivity contribution in [3.05, 3.63) is 27.4 Å². The van der Waals surface area contributed by atoms with Crippen LogP contribution >= 0.6 is 0 Å². The van der Waals surface area contributed by atoms with Crippen LogP contribution in [-0.2, 0) is 0 Å². The van der Waals surface area contributed by atoms with Gasteiger partial charge >= 0.3 is 0 Å². The summed E-state index contributed by atoms with van der Waals surface area (Å²) >= 11 is 0. The van der Waals surface area contributed by atoms with E-state index in [1.54, 1.807) is 13.8 Å². The minimum Gasteiger partial charge on any atom is -0.322 e. The van der Waals surface area contributed by atoms with Crippen molar-refractivity contribution < 1.29 is 0 Å². The number of hydrogen-bond donors (Lipinski definition) is 1. The van der Waals surface area contributed by atoms with Gasteiger partial charge in [-0.1, -0.05) is 0 Å². The van der Waals surface area contributed by atoms with E-state index >= 15 is 0 Å². The van der Waals surface area contributed by atoms with Crippen LogP contribution in [-0.4, -0.2) is 9.97 Å². The van der Waals surface area contributed by atoms with Crippen LogP contribution in [0.1, 0.15) is 17.1 Å². The molecule has 0 fully saturated rings. The fraction of sp³-hybridized carbons (Fsp3) is 0.250. The molecular formula is C8H8N2O. The lowest BCUT2D eigenvalue weighted by atomic mass is 10.3. The summed E-state index contributed by atoms with van der Waals surface area (Å²) in [6.45, 7) is 3.58. The minimum absolute atomic E-state index is 0.146. The van der Waals surface area contributed by atoms with E-state index in [1.807, 2.05) is 0 Å². The molecule has 1 aromatic heterocycles. The predicted octanol–water partition coefficient (Wildman–Crippen LogP) is 0.368. The average molecular weight is 148 g/mol. The zero-order valence-electron chi connectivity index (χ0n) is 6.43. The van der Waals surface area contributed by atoms with E-state index in [9.17, 15) is 4.79 Å². The third-order valence-electron chi connectivity index (χ3n) is 1.48. The Morgan fingerprint density at radius 2 is 2.18 bits per heavy atom. The third-order valence-corrected chi connectivity index (χ3v) is 1.48. The van der Waals surface area contributed by atoms with E-state index in [0.29, 0.717) is 0 Å². The molecule has 3 nitrogen and oxygen atoms in total. The molecule has 0 saturated carbocycles. The molecule has 0 aliphatic rings. The Morgan fingerprint density at radius 1 is 1.55 bits per heavy atom. The van der Waals surface area contributed by atoms with Crippen molar-refractivity contribution in [2.45, 2.75) is 13.8 Å². The van der Waals surface area contributed by atoms with Gasteiger partial charge in [0.05, 0.1) is 5.69 Å². The number of terminal acetylenes is 1. The van der Waals surface area contributed by atoms with Crippen LogP contribution in [0.5, 0.6) is 0 Å². The lowest BCUT2D eigenvalue weighted by molar-refractivity contribution is 0.996. The van der Waals surface area contributed by atoms with Crippen molar-refractivity contribution in [3.8, 4) is 12.3 Å². The summed E-state index contributed by atoms with van der Waals surface area (Å²) in [5.41, 5.74) is 1.37. The number of aromatic amines is 1. The molecule has 0 aliphatic heterocycles. The molecule has 0 bridgehead atoms. The van der Waals surface area contributed by atoms with Crippen LogP contribution in [0.25, 0.3) is 0 Å². The molecule has 1 aromatic rings. The first-order valence-corrected chi connectivity index (χ1v) is 3.19. The first-order valence-electron chi connectivity index (χ1n) is 3.19. The molecule has 0 amide bonds. The zero-order valence-corrected chi connectivity index (χ0v) is 6.43. The maximum atomic E-state index is 11.0. The maximum Gasteiger partial charge on any atom is 0.282 e. The van der Waals surface area contributed by atoms with E-state index in [1.165, 1.54) is 0 Å². The Labute approximate surface area is 64.5 Å². The molecule has 1 heterocycles. The normalized spacial score (nSPS) is 9.18. The smallest absolute Gasteiger partial charge is 0.282 e. The predicted molar refractivity (Wildman–Crippen MR) is 42.3 cm³/mol. The van der Waals surface area contributed by atoms with Crippen molar-refractivity contribution in [1.29, 1.82) is 0 Å². The highest BCUT2D eigenvalue weighted by Crippen LogP contribution is 1.94. The number of hydrogen-bond acceptors (Lipinski definition) is 2. The van der Waals surface area contributed by atoms with Gasteiger partial charge in [0, 0.05) is 5.69 Å². The second kappa shape index (κ2) is 2.59. The standard InChI is InChI=1S/C8H8N2O/c1-4-7-8(11)10-6(3)5(2)9-7/h1H,2-3H3,(H,10,11). The third kappa shape index (κ3) is 1.30. The van der Waals surface area contributed by atoms with E-state index in [0.717, 1.165) is 11.4 Å². The molecule has 1 rings (SSSR count). The van der Waals surface area contributed by atoms with Crippen molar-refractivity contribution in [1.82, 2.24) is 9.97 Å². The van der Waals surface area contributed by atoms with Gasteiger partial charge in [0.1, 0.15) is 0 Å². The number of nitrogens with zero attached hydrogens (tertiary/aromatic N) is 1. The Balaban J connectivity index is 3.48. The molecule has 0 aliphatic carbocycles. The molecule has 0 radical (unpaired) electrons. The summed E-state index contributed by atoms with van der Waals surface area (Å²) in [4.78, 5) is 17.5. The molecule has 0 saturated heterocycles. The zero-order chi connectivity index (χ0) is 8.43. The second-order valence-electron chi connectivity index (χ2n) is 2.27. The Morgan fingerprint density at radius 3 is 2.73 bits per heavy atom. The van der Waals surface area contributed by atoms with Crippen LogP contribution < -0.4 is 5.56 Å². The van der Waals surface area contributed by atoms with Crippen LogP contribution in [0.4, 0.5) is 0 Å². The molecule has 0 atom stereocenters. The van der Waals surface area contributed by atoms with E-state index in [2.05, 4.69) is 15.9 Å². The number of aryl methyl sites for hydroxylation is 2. The maximum absolute atomic E-state index is 11.0. The Kier molecular flexibility index (Phi) is 1.77. The lowest BCUT2D eigenvalue weighted by Gasteiger charge is -1.97. The number of nitrogens with one attached hydrogen (secondary N) is 1. The SMILES string of the molecule is C#Cc1nc(C)c(C)[nH]c1=O. The highest BCUT2D eigenvalue weighted by atomic mass is 16.1. The van der Waals surface area contributed by atoms with Crippen LogP contribution in [0.2, 0.25) is 0 Å². The first kappa shape index (κ1) is 7.55. The number of rotatable bonds is 0. The largest absolute Gasteiger partial charge is 0.322 e. The van der Waals surface area contributed by atoms with Gasteiger partial charge in [-0.25, -0.2) is 4.98 Å². The van der Waals surface area contributed by atoms with Gasteiger partial charge in [-0.15, -0.1) is 6.42 Å².